The van der Waals surface area contributed by atoms with Crippen molar-refractivity contribution in [2.45, 2.75) is 111 Å². The predicted octanol–water partition coefficient (Wildman–Crippen LogP) is 8.13. The van der Waals surface area contributed by atoms with Crippen LogP contribution >= 0.6 is 0 Å². The van der Waals surface area contributed by atoms with Crippen molar-refractivity contribution in [2.75, 3.05) is 0 Å². The van der Waals surface area contributed by atoms with Gasteiger partial charge >= 0.3 is 5.97 Å². The third-order valence-corrected chi connectivity index (χ3v) is 11.1. The van der Waals surface area contributed by atoms with Gasteiger partial charge in [-0.2, -0.15) is 0 Å². The number of ether oxygens (including phenoxy) is 1. The second-order valence-electron chi connectivity index (χ2n) is 12.7. The van der Waals surface area contributed by atoms with Crippen LogP contribution in [0.2, 0.25) is 0 Å². The van der Waals surface area contributed by atoms with Crippen molar-refractivity contribution in [1.82, 2.24) is 0 Å². The Morgan fingerprint density at radius 3 is 2.50 bits per heavy atom. The van der Waals surface area contributed by atoms with Crippen molar-refractivity contribution < 1.29 is 9.53 Å². The van der Waals surface area contributed by atoms with Crippen LogP contribution in [0.3, 0.4) is 0 Å². The summed E-state index contributed by atoms with van der Waals surface area (Å²) in [6.45, 7) is 17.7. The Balaban J connectivity index is 1.43. The normalized spacial score (nSPS) is 44.0. The molecule has 0 spiro atoms. The third-order valence-electron chi connectivity index (χ3n) is 11.1. The molecule has 0 N–H and O–H groups in total. The summed E-state index contributed by atoms with van der Waals surface area (Å²) in [5.74, 6) is 4.99. The predicted molar refractivity (Wildman–Crippen MR) is 133 cm³/mol. The molecule has 0 saturated heterocycles. The van der Waals surface area contributed by atoms with E-state index in [1.54, 1.807) is 0 Å². The topological polar surface area (TPSA) is 26.3 Å². The second kappa shape index (κ2) is 9.30. The molecular weight excluding hydrogens is 392 g/mol. The maximum atomic E-state index is 11.7. The van der Waals surface area contributed by atoms with Crippen LogP contribution in [-0.4, -0.2) is 12.1 Å². The molecular formula is C30H48O2. The van der Waals surface area contributed by atoms with Crippen molar-refractivity contribution in [3.05, 3.63) is 24.8 Å². The zero-order valence-corrected chi connectivity index (χ0v) is 21.3. The summed E-state index contributed by atoms with van der Waals surface area (Å²) in [4.78, 5) is 11.7. The maximum Gasteiger partial charge on any atom is 0.330 e. The highest BCUT2D eigenvalue weighted by atomic mass is 16.5. The molecule has 2 heteroatoms. The van der Waals surface area contributed by atoms with E-state index in [0.29, 0.717) is 10.8 Å². The number of esters is 1. The van der Waals surface area contributed by atoms with Gasteiger partial charge < -0.3 is 4.74 Å². The lowest BCUT2D eigenvalue weighted by atomic mass is 9.44. The molecule has 4 fully saturated rings. The minimum atomic E-state index is -0.241. The Hall–Kier alpha value is -1.05. The molecule has 180 valence electrons. The number of rotatable bonds is 7. The van der Waals surface area contributed by atoms with Gasteiger partial charge in [-0.3, -0.25) is 0 Å². The van der Waals surface area contributed by atoms with E-state index in [2.05, 4.69) is 40.9 Å². The molecule has 4 rings (SSSR count). The monoisotopic (exact) mass is 440 g/mol. The van der Waals surface area contributed by atoms with Crippen LogP contribution in [0.5, 0.6) is 0 Å². The van der Waals surface area contributed by atoms with Crippen LogP contribution in [0.4, 0.5) is 0 Å². The molecule has 0 aromatic heterocycles. The van der Waals surface area contributed by atoms with Crippen LogP contribution < -0.4 is 0 Å². The van der Waals surface area contributed by atoms with Gasteiger partial charge in [-0.05, 0) is 124 Å². The Morgan fingerprint density at radius 2 is 1.78 bits per heavy atom. The average molecular weight is 441 g/mol. The Labute approximate surface area is 197 Å². The quantitative estimate of drug-likeness (QED) is 0.227. The first kappa shape index (κ1) is 24.1. The highest BCUT2D eigenvalue weighted by molar-refractivity contribution is 5.81. The minimum absolute atomic E-state index is 0.111. The zero-order chi connectivity index (χ0) is 23.1. The van der Waals surface area contributed by atoms with Gasteiger partial charge in [0.2, 0.25) is 0 Å². The summed E-state index contributed by atoms with van der Waals surface area (Å²) in [7, 11) is 0. The molecule has 0 aromatic rings. The number of carbonyl (C=O) groups excluding carboxylic acids is 1. The van der Waals surface area contributed by atoms with Crippen molar-refractivity contribution in [3.63, 3.8) is 0 Å². The van der Waals surface area contributed by atoms with Crippen LogP contribution in [0, 0.1) is 46.3 Å². The molecule has 4 aliphatic rings. The Kier molecular flexibility index (Phi) is 7.00. The molecule has 0 amide bonds. The minimum Gasteiger partial charge on any atom is -0.459 e. The first-order chi connectivity index (χ1) is 15.2. The van der Waals surface area contributed by atoms with E-state index in [0.717, 1.165) is 48.3 Å². The van der Waals surface area contributed by atoms with Crippen LogP contribution in [0.15, 0.2) is 24.8 Å². The first-order valence-corrected chi connectivity index (χ1v) is 13.7. The molecule has 0 aromatic carbocycles. The van der Waals surface area contributed by atoms with Crippen LogP contribution in [0.25, 0.3) is 0 Å². The zero-order valence-electron chi connectivity index (χ0n) is 21.3. The van der Waals surface area contributed by atoms with Crippen molar-refractivity contribution in [2.24, 2.45) is 46.3 Å². The fourth-order valence-electron chi connectivity index (χ4n) is 9.44. The van der Waals surface area contributed by atoms with Crippen molar-refractivity contribution in [1.29, 1.82) is 0 Å². The van der Waals surface area contributed by atoms with Crippen LogP contribution in [-0.2, 0) is 9.53 Å². The summed E-state index contributed by atoms with van der Waals surface area (Å²) < 4.78 is 5.68. The van der Waals surface area contributed by atoms with Gasteiger partial charge in [0.05, 0.1) is 0 Å². The van der Waals surface area contributed by atoms with E-state index in [9.17, 15) is 4.79 Å². The highest BCUT2D eigenvalue weighted by Gasteiger charge is 2.60. The van der Waals surface area contributed by atoms with E-state index in [1.807, 2.05) is 0 Å². The molecule has 0 bridgehead atoms. The number of allylic oxidation sites excluding steroid dienone is 1. The fourth-order valence-corrected chi connectivity index (χ4v) is 9.44. The number of hydrogen-bond donors (Lipinski definition) is 0. The summed E-state index contributed by atoms with van der Waals surface area (Å²) in [6, 6.07) is 0. The molecule has 0 heterocycles. The Bertz CT molecular complexity index is 724. The van der Waals surface area contributed by atoms with Gasteiger partial charge in [0.25, 0.3) is 0 Å². The lowest BCUT2D eigenvalue weighted by molar-refractivity contribution is -0.158. The molecule has 4 saturated carbocycles. The van der Waals surface area contributed by atoms with Crippen molar-refractivity contribution in [3.8, 4) is 0 Å². The number of fused-ring (bicyclic) bond motifs is 5. The van der Waals surface area contributed by atoms with Gasteiger partial charge in [0.1, 0.15) is 6.10 Å². The lowest BCUT2D eigenvalue weighted by Gasteiger charge is -2.61. The first-order valence-electron chi connectivity index (χ1n) is 13.7. The van der Waals surface area contributed by atoms with Gasteiger partial charge in [0, 0.05) is 6.08 Å². The number of carbonyl (C=O) groups is 1. The van der Waals surface area contributed by atoms with E-state index in [1.165, 1.54) is 75.9 Å². The SMILES string of the molecule is C=CC(=O)OC1CC[C@@]2(C)C(CC[C@H]3[C@@H]4CC[C@H]([C@H](C)CCCC(=C)C)[C@@]4(C)CC[C@@H]32)C1. The molecule has 2 nitrogen and oxygen atoms in total. The summed E-state index contributed by atoms with van der Waals surface area (Å²) in [5.41, 5.74) is 2.35. The van der Waals surface area contributed by atoms with Gasteiger partial charge in [0.15, 0.2) is 0 Å². The summed E-state index contributed by atoms with van der Waals surface area (Å²) in [6.07, 6.45) is 17.2. The largest absolute Gasteiger partial charge is 0.459 e. The van der Waals surface area contributed by atoms with Gasteiger partial charge in [-0.15, -0.1) is 6.58 Å². The molecule has 0 radical (unpaired) electrons. The standard InChI is InChI=1S/C30H48O2/c1-7-28(31)32-23-15-17-29(5)22(19-23)11-12-24-26-14-13-25(21(4)10-8-9-20(2)3)30(26,6)18-16-27(24)29/h7,21-27H,1-2,8-19H2,3-6H3/t21-,22?,23?,24+,25-,26+,27+,29+,30-/m1/s1. The van der Waals surface area contributed by atoms with Gasteiger partial charge in [-0.25, -0.2) is 4.79 Å². The Morgan fingerprint density at radius 1 is 1.06 bits per heavy atom. The second-order valence-corrected chi connectivity index (χ2v) is 12.7. The average Bonchev–Trinajstić information content (AvgIpc) is 3.11. The molecule has 9 atom stereocenters. The van der Waals surface area contributed by atoms with Crippen molar-refractivity contribution >= 4 is 5.97 Å². The summed E-state index contributed by atoms with van der Waals surface area (Å²) >= 11 is 0. The lowest BCUT2D eigenvalue weighted by Crippen LogP contribution is -2.54. The highest BCUT2D eigenvalue weighted by Crippen LogP contribution is 2.68. The third kappa shape index (κ3) is 4.25. The maximum absolute atomic E-state index is 11.7. The molecule has 0 aliphatic heterocycles. The van der Waals surface area contributed by atoms with E-state index in [4.69, 9.17) is 4.74 Å². The van der Waals surface area contributed by atoms with E-state index >= 15 is 0 Å². The molecule has 32 heavy (non-hydrogen) atoms. The number of hydrogen-bond acceptors (Lipinski definition) is 2. The summed E-state index contributed by atoms with van der Waals surface area (Å²) in [5, 5.41) is 0. The molecule has 4 aliphatic carbocycles. The van der Waals surface area contributed by atoms with Gasteiger partial charge in [-0.1, -0.05) is 39.3 Å². The molecule has 2 unspecified atom stereocenters. The fraction of sp³-hybridized carbons (Fsp3) is 0.833. The smallest absolute Gasteiger partial charge is 0.330 e. The van der Waals surface area contributed by atoms with E-state index < -0.39 is 0 Å². The van der Waals surface area contributed by atoms with E-state index in [-0.39, 0.29) is 12.1 Å². The van der Waals surface area contributed by atoms with Crippen LogP contribution in [0.1, 0.15) is 105 Å².